The standard InChI is InChI=1S/C13H28N2/c1-3-10-15(12-13-7-8-13)11-6-5-9-14-4-2/h13-14H,3-12H2,1-2H3. The van der Waals surface area contributed by atoms with E-state index >= 15 is 0 Å². The van der Waals surface area contributed by atoms with Crippen molar-refractivity contribution in [3.8, 4) is 0 Å². The van der Waals surface area contributed by atoms with Crippen molar-refractivity contribution in [1.29, 1.82) is 0 Å². The third-order valence-corrected chi connectivity index (χ3v) is 3.08. The van der Waals surface area contributed by atoms with Gasteiger partial charge in [-0.1, -0.05) is 13.8 Å². The van der Waals surface area contributed by atoms with Crippen LogP contribution in [0.1, 0.15) is 46.0 Å². The molecule has 0 unspecified atom stereocenters. The predicted octanol–water partition coefficient (Wildman–Crippen LogP) is 2.50. The number of nitrogens with zero attached hydrogens (tertiary/aromatic N) is 1. The summed E-state index contributed by atoms with van der Waals surface area (Å²) in [6.07, 6.45) is 6.97. The quantitative estimate of drug-likeness (QED) is 0.560. The van der Waals surface area contributed by atoms with Crippen LogP contribution in [0.25, 0.3) is 0 Å². The maximum absolute atomic E-state index is 3.39. The summed E-state index contributed by atoms with van der Waals surface area (Å²) in [7, 11) is 0. The highest BCUT2D eigenvalue weighted by Gasteiger charge is 2.23. The van der Waals surface area contributed by atoms with E-state index in [9.17, 15) is 0 Å². The van der Waals surface area contributed by atoms with Gasteiger partial charge in [0.25, 0.3) is 0 Å². The van der Waals surface area contributed by atoms with Crippen LogP contribution in [-0.2, 0) is 0 Å². The Hall–Kier alpha value is -0.0800. The van der Waals surface area contributed by atoms with Crippen LogP contribution in [0, 0.1) is 5.92 Å². The van der Waals surface area contributed by atoms with Crippen LogP contribution in [0.4, 0.5) is 0 Å². The highest BCUT2D eigenvalue weighted by molar-refractivity contribution is 4.77. The molecule has 1 aliphatic carbocycles. The Morgan fingerprint density at radius 1 is 1.13 bits per heavy atom. The molecule has 0 atom stereocenters. The van der Waals surface area contributed by atoms with Crippen LogP contribution in [-0.4, -0.2) is 37.6 Å². The molecule has 2 nitrogen and oxygen atoms in total. The van der Waals surface area contributed by atoms with Gasteiger partial charge in [-0.25, -0.2) is 0 Å². The van der Waals surface area contributed by atoms with Crippen molar-refractivity contribution in [2.24, 2.45) is 5.92 Å². The number of rotatable bonds is 10. The molecule has 0 radical (unpaired) electrons. The molecule has 0 spiro atoms. The van der Waals surface area contributed by atoms with Crippen LogP contribution in [0.5, 0.6) is 0 Å². The van der Waals surface area contributed by atoms with Gasteiger partial charge in [-0.05, 0) is 64.2 Å². The fourth-order valence-corrected chi connectivity index (χ4v) is 2.04. The number of unbranched alkanes of at least 4 members (excludes halogenated alkanes) is 1. The Bertz CT molecular complexity index is 143. The van der Waals surface area contributed by atoms with Gasteiger partial charge in [-0.3, -0.25) is 0 Å². The Morgan fingerprint density at radius 3 is 2.53 bits per heavy atom. The lowest BCUT2D eigenvalue weighted by molar-refractivity contribution is 0.258. The lowest BCUT2D eigenvalue weighted by atomic mass is 10.2. The Kier molecular flexibility index (Phi) is 7.03. The molecule has 15 heavy (non-hydrogen) atoms. The molecule has 0 aromatic heterocycles. The van der Waals surface area contributed by atoms with Gasteiger partial charge in [0.2, 0.25) is 0 Å². The molecule has 0 aliphatic heterocycles. The van der Waals surface area contributed by atoms with E-state index in [-0.39, 0.29) is 0 Å². The van der Waals surface area contributed by atoms with E-state index < -0.39 is 0 Å². The normalized spacial score (nSPS) is 16.2. The van der Waals surface area contributed by atoms with E-state index in [2.05, 4.69) is 24.1 Å². The molecule has 2 heteroatoms. The summed E-state index contributed by atoms with van der Waals surface area (Å²) in [6.45, 7) is 10.8. The van der Waals surface area contributed by atoms with Crippen molar-refractivity contribution in [3.05, 3.63) is 0 Å². The van der Waals surface area contributed by atoms with Gasteiger partial charge in [0.1, 0.15) is 0 Å². The molecule has 90 valence electrons. The van der Waals surface area contributed by atoms with Gasteiger partial charge in [0, 0.05) is 6.54 Å². The summed E-state index contributed by atoms with van der Waals surface area (Å²) < 4.78 is 0. The zero-order valence-electron chi connectivity index (χ0n) is 10.6. The topological polar surface area (TPSA) is 15.3 Å². The molecule has 0 heterocycles. The second-order valence-corrected chi connectivity index (χ2v) is 4.80. The molecule has 0 bridgehead atoms. The first kappa shape index (κ1) is 13.0. The first-order valence-electron chi connectivity index (χ1n) is 6.79. The second-order valence-electron chi connectivity index (χ2n) is 4.80. The Morgan fingerprint density at radius 2 is 1.93 bits per heavy atom. The van der Waals surface area contributed by atoms with Gasteiger partial charge in [0.05, 0.1) is 0 Å². The number of hydrogen-bond acceptors (Lipinski definition) is 2. The highest BCUT2D eigenvalue weighted by atomic mass is 15.1. The van der Waals surface area contributed by atoms with Crippen LogP contribution >= 0.6 is 0 Å². The molecule has 1 rings (SSSR count). The van der Waals surface area contributed by atoms with E-state index in [1.165, 1.54) is 58.3 Å². The molecule has 0 aromatic rings. The largest absolute Gasteiger partial charge is 0.317 e. The molecule has 0 amide bonds. The summed E-state index contributed by atoms with van der Waals surface area (Å²) in [5.74, 6) is 1.05. The van der Waals surface area contributed by atoms with E-state index in [1.54, 1.807) is 0 Å². The first-order chi connectivity index (χ1) is 7.36. The molecule has 1 saturated carbocycles. The lowest BCUT2D eigenvalue weighted by Crippen LogP contribution is -2.28. The minimum absolute atomic E-state index is 1.05. The summed E-state index contributed by atoms with van der Waals surface area (Å²) in [4.78, 5) is 2.67. The van der Waals surface area contributed by atoms with Crippen molar-refractivity contribution in [1.82, 2.24) is 10.2 Å². The van der Waals surface area contributed by atoms with Crippen molar-refractivity contribution in [2.45, 2.75) is 46.0 Å². The van der Waals surface area contributed by atoms with Crippen molar-refractivity contribution in [3.63, 3.8) is 0 Å². The monoisotopic (exact) mass is 212 g/mol. The summed E-state index contributed by atoms with van der Waals surface area (Å²) >= 11 is 0. The fourth-order valence-electron chi connectivity index (χ4n) is 2.04. The van der Waals surface area contributed by atoms with Gasteiger partial charge >= 0.3 is 0 Å². The molecule has 1 fully saturated rings. The molecule has 0 aromatic carbocycles. The lowest BCUT2D eigenvalue weighted by Gasteiger charge is -2.21. The second kappa shape index (κ2) is 8.12. The van der Waals surface area contributed by atoms with E-state index in [1.807, 2.05) is 0 Å². The summed E-state index contributed by atoms with van der Waals surface area (Å²) in [5.41, 5.74) is 0. The van der Waals surface area contributed by atoms with E-state index in [4.69, 9.17) is 0 Å². The average molecular weight is 212 g/mol. The van der Waals surface area contributed by atoms with Crippen molar-refractivity contribution >= 4 is 0 Å². The molecule has 1 N–H and O–H groups in total. The Labute approximate surface area is 95.4 Å². The smallest absolute Gasteiger partial charge is 0.000966 e. The van der Waals surface area contributed by atoms with Gasteiger partial charge in [-0.15, -0.1) is 0 Å². The molecule has 0 saturated heterocycles. The number of nitrogens with one attached hydrogen (secondary N) is 1. The minimum atomic E-state index is 1.05. The molecular formula is C13H28N2. The zero-order chi connectivity index (χ0) is 10.9. The average Bonchev–Trinajstić information content (AvgIpc) is 3.01. The molecular weight excluding hydrogens is 184 g/mol. The Balaban J connectivity index is 1.97. The van der Waals surface area contributed by atoms with Gasteiger partial charge in [0.15, 0.2) is 0 Å². The van der Waals surface area contributed by atoms with Gasteiger partial charge in [-0.2, -0.15) is 0 Å². The summed E-state index contributed by atoms with van der Waals surface area (Å²) in [5, 5.41) is 3.39. The molecule has 1 aliphatic rings. The SMILES string of the molecule is CCCN(CCCCNCC)CC1CC1. The van der Waals surface area contributed by atoms with E-state index in [0.717, 1.165) is 12.5 Å². The first-order valence-corrected chi connectivity index (χ1v) is 6.79. The van der Waals surface area contributed by atoms with Crippen LogP contribution in [0.2, 0.25) is 0 Å². The van der Waals surface area contributed by atoms with E-state index in [0.29, 0.717) is 0 Å². The van der Waals surface area contributed by atoms with Crippen LogP contribution in [0.3, 0.4) is 0 Å². The maximum atomic E-state index is 3.39. The highest BCUT2D eigenvalue weighted by Crippen LogP contribution is 2.29. The fraction of sp³-hybridized carbons (Fsp3) is 1.00. The third-order valence-electron chi connectivity index (χ3n) is 3.08. The minimum Gasteiger partial charge on any atom is -0.317 e. The third kappa shape index (κ3) is 6.91. The predicted molar refractivity (Wildman–Crippen MR) is 67.2 cm³/mol. The van der Waals surface area contributed by atoms with Gasteiger partial charge < -0.3 is 10.2 Å². The maximum Gasteiger partial charge on any atom is 0.000966 e. The van der Waals surface area contributed by atoms with Crippen LogP contribution in [0.15, 0.2) is 0 Å². The zero-order valence-corrected chi connectivity index (χ0v) is 10.6. The summed E-state index contributed by atoms with van der Waals surface area (Å²) in [6, 6.07) is 0. The van der Waals surface area contributed by atoms with Crippen molar-refractivity contribution in [2.75, 3.05) is 32.7 Å². The van der Waals surface area contributed by atoms with Crippen LogP contribution < -0.4 is 5.32 Å². The number of hydrogen-bond donors (Lipinski definition) is 1. The van der Waals surface area contributed by atoms with Crippen molar-refractivity contribution < 1.29 is 0 Å².